The number of benzene rings is 1. The molecule has 1 saturated heterocycles. The summed E-state index contributed by atoms with van der Waals surface area (Å²) in [5.41, 5.74) is 1.06. The summed E-state index contributed by atoms with van der Waals surface area (Å²) >= 11 is 0. The van der Waals surface area contributed by atoms with Crippen LogP contribution in [0.3, 0.4) is 0 Å². The van der Waals surface area contributed by atoms with Crippen molar-refractivity contribution in [2.24, 2.45) is 5.92 Å². The number of ketones is 1. The van der Waals surface area contributed by atoms with Crippen LogP contribution in [0.25, 0.3) is 0 Å². The normalized spacial score (nSPS) is 16.0. The summed E-state index contributed by atoms with van der Waals surface area (Å²) in [6.07, 6.45) is 3.13. The highest BCUT2D eigenvalue weighted by Crippen LogP contribution is 2.22. The summed E-state index contributed by atoms with van der Waals surface area (Å²) in [5.74, 6) is 0.0381. The van der Waals surface area contributed by atoms with Crippen molar-refractivity contribution in [3.8, 4) is 0 Å². The monoisotopic (exact) mass is 300 g/mol. The number of Topliss-reactive ketones (excluding diaryl/α,β-unsaturated/α-hetero) is 1. The standard InChI is InChI=1S/C16H19BNO4/c1-22-16(21)14-4-2-13(3-5-14)15(20)10-12-6-8-18(9-7-12)17-11-19/h2-5,11-12H,6-10H2,1H3. The second kappa shape index (κ2) is 7.89. The van der Waals surface area contributed by atoms with Gasteiger partial charge < -0.3 is 14.3 Å². The molecule has 1 aromatic carbocycles. The molecule has 1 fully saturated rings. The van der Waals surface area contributed by atoms with Gasteiger partial charge >= 0.3 is 5.97 Å². The van der Waals surface area contributed by atoms with Gasteiger partial charge in [-0.1, -0.05) is 12.1 Å². The number of rotatable bonds is 6. The largest absolute Gasteiger partial charge is 0.465 e. The zero-order valence-corrected chi connectivity index (χ0v) is 12.7. The topological polar surface area (TPSA) is 63.7 Å². The lowest BCUT2D eigenvalue weighted by Gasteiger charge is -2.30. The molecule has 22 heavy (non-hydrogen) atoms. The van der Waals surface area contributed by atoms with Crippen LogP contribution < -0.4 is 0 Å². The maximum absolute atomic E-state index is 12.3. The maximum atomic E-state index is 12.3. The Kier molecular flexibility index (Phi) is 5.89. The fourth-order valence-corrected chi connectivity index (χ4v) is 2.68. The van der Waals surface area contributed by atoms with Gasteiger partial charge in [-0.3, -0.25) is 4.79 Å². The zero-order valence-electron chi connectivity index (χ0n) is 12.7. The molecule has 0 spiro atoms. The third-order valence-electron chi connectivity index (χ3n) is 4.02. The molecule has 1 heterocycles. The fourth-order valence-electron chi connectivity index (χ4n) is 2.68. The third-order valence-corrected chi connectivity index (χ3v) is 4.02. The predicted octanol–water partition coefficient (Wildman–Crippen LogP) is 1.57. The van der Waals surface area contributed by atoms with Crippen LogP contribution in [-0.4, -0.2) is 50.4 Å². The quantitative estimate of drug-likeness (QED) is 0.345. The van der Waals surface area contributed by atoms with Gasteiger partial charge in [0.15, 0.2) is 5.78 Å². The number of piperidine rings is 1. The summed E-state index contributed by atoms with van der Waals surface area (Å²) < 4.78 is 4.63. The molecule has 0 saturated carbocycles. The first-order valence-corrected chi connectivity index (χ1v) is 7.38. The number of hydrogen-bond donors (Lipinski definition) is 0. The fraction of sp³-hybridized carbons (Fsp3) is 0.438. The van der Waals surface area contributed by atoms with E-state index >= 15 is 0 Å². The van der Waals surface area contributed by atoms with E-state index in [4.69, 9.17) is 0 Å². The zero-order chi connectivity index (χ0) is 15.9. The van der Waals surface area contributed by atoms with E-state index in [2.05, 4.69) is 4.74 Å². The van der Waals surface area contributed by atoms with Crippen molar-refractivity contribution < 1.29 is 19.1 Å². The molecule has 0 unspecified atom stereocenters. The van der Waals surface area contributed by atoms with Crippen molar-refractivity contribution in [1.29, 1.82) is 0 Å². The van der Waals surface area contributed by atoms with Crippen LogP contribution in [-0.2, 0) is 9.53 Å². The average molecular weight is 300 g/mol. The molecule has 5 nitrogen and oxygen atoms in total. The van der Waals surface area contributed by atoms with E-state index in [1.54, 1.807) is 31.7 Å². The van der Waals surface area contributed by atoms with Gasteiger partial charge in [-0.15, -0.1) is 0 Å². The third kappa shape index (κ3) is 4.27. The second-order valence-electron chi connectivity index (χ2n) is 5.46. The van der Waals surface area contributed by atoms with Crippen LogP contribution in [0.1, 0.15) is 40.0 Å². The number of carbonyl (C=O) groups excluding carboxylic acids is 3. The predicted molar refractivity (Wildman–Crippen MR) is 83.5 cm³/mol. The summed E-state index contributed by atoms with van der Waals surface area (Å²) in [6.45, 7) is 1.63. The minimum Gasteiger partial charge on any atom is -0.465 e. The first-order chi connectivity index (χ1) is 10.6. The lowest BCUT2D eigenvalue weighted by Crippen LogP contribution is -2.37. The Bertz CT molecular complexity index is 536. The smallest absolute Gasteiger partial charge is 0.337 e. The number of methoxy groups -OCH3 is 1. The number of ether oxygens (including phenoxy) is 1. The Morgan fingerprint density at radius 3 is 2.36 bits per heavy atom. The van der Waals surface area contributed by atoms with E-state index in [-0.39, 0.29) is 5.78 Å². The molecule has 1 aliphatic rings. The minimum atomic E-state index is -0.405. The van der Waals surface area contributed by atoms with Gasteiger partial charge in [0.25, 0.3) is 7.41 Å². The van der Waals surface area contributed by atoms with E-state index in [1.807, 2.05) is 4.81 Å². The molecule has 0 amide bonds. The molecule has 2 rings (SSSR count). The van der Waals surface area contributed by atoms with E-state index in [1.165, 1.54) is 7.11 Å². The summed E-state index contributed by atoms with van der Waals surface area (Å²) in [5, 5.41) is 0. The number of hydrogen-bond acceptors (Lipinski definition) is 5. The highest BCUT2D eigenvalue weighted by atomic mass is 16.5. The summed E-state index contributed by atoms with van der Waals surface area (Å²) in [6, 6.07) is 6.56. The van der Waals surface area contributed by atoms with Gasteiger partial charge in [-0.05, 0) is 44.0 Å². The van der Waals surface area contributed by atoms with Gasteiger partial charge in [-0.25, -0.2) is 4.79 Å². The van der Waals surface area contributed by atoms with Gasteiger partial charge in [0, 0.05) is 12.0 Å². The molecule has 0 N–H and O–H groups in total. The van der Waals surface area contributed by atoms with Crippen molar-refractivity contribution in [2.45, 2.75) is 19.3 Å². The van der Waals surface area contributed by atoms with E-state index in [0.29, 0.717) is 23.5 Å². The van der Waals surface area contributed by atoms with Gasteiger partial charge in [0.05, 0.1) is 18.9 Å². The van der Waals surface area contributed by atoms with E-state index < -0.39 is 5.97 Å². The molecule has 0 aromatic heterocycles. The number of nitrogens with zero attached hydrogens (tertiary/aromatic N) is 1. The van der Waals surface area contributed by atoms with Gasteiger partial charge in [0.1, 0.15) is 0 Å². The van der Waals surface area contributed by atoms with E-state index in [9.17, 15) is 14.4 Å². The maximum Gasteiger partial charge on any atom is 0.337 e. The van der Waals surface area contributed by atoms with Crippen LogP contribution in [0.4, 0.5) is 0 Å². The van der Waals surface area contributed by atoms with Crippen molar-refractivity contribution in [1.82, 2.24) is 4.81 Å². The Hall–Kier alpha value is -1.95. The average Bonchev–Trinajstić information content (AvgIpc) is 2.56. The second-order valence-corrected chi connectivity index (χ2v) is 5.46. The lowest BCUT2D eigenvalue weighted by atomic mass is 9.84. The van der Waals surface area contributed by atoms with Crippen molar-refractivity contribution in [3.63, 3.8) is 0 Å². The summed E-state index contributed by atoms with van der Waals surface area (Å²) in [7, 11) is 2.89. The van der Waals surface area contributed by atoms with E-state index in [0.717, 1.165) is 32.1 Å². The molecular formula is C16H19BNO4. The first-order valence-electron chi connectivity index (χ1n) is 7.38. The molecule has 1 aliphatic heterocycles. The number of esters is 1. The highest BCUT2D eigenvalue weighted by molar-refractivity contribution is 6.64. The molecule has 0 aliphatic carbocycles. The minimum absolute atomic E-state index is 0.0919. The molecule has 6 heteroatoms. The Balaban J connectivity index is 1.87. The van der Waals surface area contributed by atoms with Crippen LogP contribution in [0.15, 0.2) is 24.3 Å². The van der Waals surface area contributed by atoms with Crippen molar-refractivity contribution in [3.05, 3.63) is 35.4 Å². The van der Waals surface area contributed by atoms with Gasteiger partial charge in [0.2, 0.25) is 0 Å². The first kappa shape index (κ1) is 16.4. The van der Waals surface area contributed by atoms with Crippen LogP contribution in [0, 0.1) is 5.92 Å². The molecule has 115 valence electrons. The SMILES string of the molecule is COC(=O)c1ccc(C(=O)CC2CCN([B]C=O)CC2)cc1. The van der Waals surface area contributed by atoms with Crippen LogP contribution >= 0.6 is 0 Å². The Morgan fingerprint density at radius 2 is 1.82 bits per heavy atom. The number of carbonyl (C=O) groups is 3. The molecule has 1 radical (unpaired) electrons. The van der Waals surface area contributed by atoms with Crippen molar-refractivity contribution >= 4 is 25.4 Å². The molecule has 0 atom stereocenters. The summed E-state index contributed by atoms with van der Waals surface area (Å²) in [4.78, 5) is 36.0. The molecule has 1 aromatic rings. The Labute approximate surface area is 130 Å². The van der Waals surface area contributed by atoms with Gasteiger partial charge in [-0.2, -0.15) is 0 Å². The Morgan fingerprint density at radius 1 is 1.23 bits per heavy atom. The molecular weight excluding hydrogens is 281 g/mol. The highest BCUT2D eigenvalue weighted by Gasteiger charge is 2.22. The van der Waals surface area contributed by atoms with Crippen LogP contribution in [0.2, 0.25) is 0 Å². The lowest BCUT2D eigenvalue weighted by molar-refractivity contribution is 0.0600. The van der Waals surface area contributed by atoms with Crippen LogP contribution in [0.5, 0.6) is 0 Å². The van der Waals surface area contributed by atoms with Crippen molar-refractivity contribution in [2.75, 3.05) is 20.2 Å². The molecule has 0 bridgehead atoms.